The molecule has 18 heavy (non-hydrogen) atoms. The molecule has 0 radical (unpaired) electrons. The van der Waals surface area contributed by atoms with Gasteiger partial charge < -0.3 is 5.11 Å². The van der Waals surface area contributed by atoms with Crippen molar-refractivity contribution in [1.29, 1.82) is 0 Å². The Morgan fingerprint density at radius 3 is 2.39 bits per heavy atom. The minimum atomic E-state index is -0.946. The number of allylic oxidation sites excluding steroid dienone is 3. The molecule has 0 unspecified atom stereocenters. The van der Waals surface area contributed by atoms with Gasteiger partial charge in [0.05, 0.1) is 5.57 Å². The summed E-state index contributed by atoms with van der Waals surface area (Å²) in [5, 5.41) is 8.96. The molecule has 0 aliphatic carbocycles. The average molecular weight is 250 g/mol. The molecule has 0 heterocycles. The molecule has 0 atom stereocenters. The summed E-state index contributed by atoms with van der Waals surface area (Å²) in [5.74, 6) is -0.946. The van der Waals surface area contributed by atoms with Crippen molar-refractivity contribution in [2.75, 3.05) is 0 Å². The van der Waals surface area contributed by atoms with Crippen LogP contribution in [0.5, 0.6) is 0 Å². The van der Waals surface area contributed by atoms with Crippen molar-refractivity contribution in [2.24, 2.45) is 5.41 Å². The van der Waals surface area contributed by atoms with Gasteiger partial charge in [0.1, 0.15) is 0 Å². The summed E-state index contributed by atoms with van der Waals surface area (Å²) in [6.45, 7) is 12.3. The highest BCUT2D eigenvalue weighted by molar-refractivity contribution is 5.92. The smallest absolute Gasteiger partial charge is 0.335 e. The van der Waals surface area contributed by atoms with Crippen molar-refractivity contribution in [2.45, 2.75) is 53.4 Å². The highest BCUT2D eigenvalue weighted by atomic mass is 16.4. The largest absolute Gasteiger partial charge is 0.478 e. The molecule has 0 saturated carbocycles. The van der Waals surface area contributed by atoms with Crippen molar-refractivity contribution < 1.29 is 9.90 Å². The van der Waals surface area contributed by atoms with Gasteiger partial charge >= 0.3 is 5.97 Å². The molecule has 0 aromatic heterocycles. The van der Waals surface area contributed by atoms with E-state index in [9.17, 15) is 4.79 Å². The monoisotopic (exact) mass is 250 g/mol. The van der Waals surface area contributed by atoms with E-state index in [0.717, 1.165) is 31.3 Å². The molecule has 0 saturated heterocycles. The van der Waals surface area contributed by atoms with Crippen LogP contribution < -0.4 is 0 Å². The summed E-state index contributed by atoms with van der Waals surface area (Å²) in [7, 11) is 0. The zero-order valence-corrected chi connectivity index (χ0v) is 12.1. The molecule has 0 amide bonds. The van der Waals surface area contributed by atoms with Crippen LogP contribution in [0, 0.1) is 5.41 Å². The lowest BCUT2D eigenvalue weighted by Crippen LogP contribution is -2.04. The van der Waals surface area contributed by atoms with E-state index in [2.05, 4.69) is 27.4 Å². The molecule has 2 nitrogen and oxygen atoms in total. The number of hydrogen-bond donors (Lipinski definition) is 1. The first-order valence-electron chi connectivity index (χ1n) is 6.57. The van der Waals surface area contributed by atoms with Crippen LogP contribution in [-0.2, 0) is 4.79 Å². The Kier molecular flexibility index (Phi) is 7.33. The maximum Gasteiger partial charge on any atom is 0.335 e. The third kappa shape index (κ3) is 7.88. The molecule has 0 fully saturated rings. The molecule has 0 spiro atoms. The number of rotatable bonds is 7. The second-order valence-electron chi connectivity index (χ2n) is 5.71. The average Bonchev–Trinajstić information content (AvgIpc) is 2.25. The fraction of sp³-hybridized carbons (Fsp3) is 0.562. The SMILES string of the molecule is C=C(C(=O)O)C(C=CCC)=CCCCC(C)(C)C. The van der Waals surface area contributed by atoms with E-state index in [1.807, 2.05) is 25.2 Å². The Bertz CT molecular complexity index is 341. The van der Waals surface area contributed by atoms with Crippen LogP contribution in [0.2, 0.25) is 0 Å². The van der Waals surface area contributed by atoms with Gasteiger partial charge in [-0.15, -0.1) is 0 Å². The zero-order chi connectivity index (χ0) is 14.2. The third-order valence-corrected chi connectivity index (χ3v) is 2.63. The van der Waals surface area contributed by atoms with E-state index in [1.54, 1.807) is 0 Å². The summed E-state index contributed by atoms with van der Waals surface area (Å²) in [6, 6.07) is 0. The lowest BCUT2D eigenvalue weighted by atomic mass is 9.89. The molecule has 0 aliphatic rings. The molecular formula is C16H26O2. The van der Waals surface area contributed by atoms with Gasteiger partial charge in [0.25, 0.3) is 0 Å². The van der Waals surface area contributed by atoms with E-state index >= 15 is 0 Å². The van der Waals surface area contributed by atoms with Gasteiger partial charge in [-0.3, -0.25) is 0 Å². The first-order valence-corrected chi connectivity index (χ1v) is 6.57. The molecule has 0 aromatic carbocycles. The lowest BCUT2D eigenvalue weighted by Gasteiger charge is -2.16. The number of hydrogen-bond acceptors (Lipinski definition) is 1. The summed E-state index contributed by atoms with van der Waals surface area (Å²) < 4.78 is 0. The van der Waals surface area contributed by atoms with Crippen LogP contribution in [0.3, 0.4) is 0 Å². The Morgan fingerprint density at radius 1 is 1.33 bits per heavy atom. The fourth-order valence-electron chi connectivity index (χ4n) is 1.55. The quantitative estimate of drug-likeness (QED) is 0.402. The first kappa shape index (κ1) is 16.7. The van der Waals surface area contributed by atoms with Gasteiger partial charge in [-0.2, -0.15) is 0 Å². The number of carbonyl (C=O) groups is 1. The normalized spacial score (nSPS) is 13.0. The van der Waals surface area contributed by atoms with Gasteiger partial charge in [-0.05, 0) is 36.7 Å². The van der Waals surface area contributed by atoms with Crippen molar-refractivity contribution in [3.8, 4) is 0 Å². The van der Waals surface area contributed by atoms with Gasteiger partial charge in [0.15, 0.2) is 0 Å². The van der Waals surface area contributed by atoms with Gasteiger partial charge in [-0.1, -0.05) is 52.5 Å². The lowest BCUT2D eigenvalue weighted by molar-refractivity contribution is -0.132. The predicted molar refractivity (Wildman–Crippen MR) is 77.6 cm³/mol. The van der Waals surface area contributed by atoms with Crippen LogP contribution in [0.1, 0.15) is 53.4 Å². The van der Waals surface area contributed by atoms with Crippen LogP contribution in [0.25, 0.3) is 0 Å². The summed E-state index contributed by atoms with van der Waals surface area (Å²) in [6.07, 6.45) is 9.79. The standard InChI is InChI=1S/C16H26O2/c1-6-7-10-14(13(2)15(17)18)11-8-9-12-16(3,4)5/h7,10-11H,2,6,8-9,12H2,1,3-5H3,(H,17,18). The van der Waals surface area contributed by atoms with E-state index in [0.29, 0.717) is 5.41 Å². The molecule has 1 N–H and O–H groups in total. The maximum atomic E-state index is 10.9. The Labute approximate surface area is 111 Å². The minimum Gasteiger partial charge on any atom is -0.478 e. The molecule has 102 valence electrons. The van der Waals surface area contributed by atoms with Crippen LogP contribution in [0.4, 0.5) is 0 Å². The van der Waals surface area contributed by atoms with Crippen molar-refractivity contribution in [3.63, 3.8) is 0 Å². The summed E-state index contributed by atoms with van der Waals surface area (Å²) >= 11 is 0. The number of carboxylic acids is 1. The number of unbranched alkanes of at least 4 members (excludes halogenated alkanes) is 1. The van der Waals surface area contributed by atoms with Crippen molar-refractivity contribution in [3.05, 3.63) is 36.0 Å². The minimum absolute atomic E-state index is 0.176. The van der Waals surface area contributed by atoms with Crippen LogP contribution in [0.15, 0.2) is 36.0 Å². The first-order chi connectivity index (χ1) is 8.28. The summed E-state index contributed by atoms with van der Waals surface area (Å²) in [4.78, 5) is 10.9. The molecule has 2 heteroatoms. The Morgan fingerprint density at radius 2 is 1.94 bits per heavy atom. The fourth-order valence-corrected chi connectivity index (χ4v) is 1.55. The second kappa shape index (κ2) is 7.91. The topological polar surface area (TPSA) is 37.3 Å². The van der Waals surface area contributed by atoms with Crippen LogP contribution in [-0.4, -0.2) is 11.1 Å². The third-order valence-electron chi connectivity index (χ3n) is 2.63. The molecule has 0 aromatic rings. The van der Waals surface area contributed by atoms with E-state index < -0.39 is 5.97 Å². The second-order valence-corrected chi connectivity index (χ2v) is 5.71. The van der Waals surface area contributed by atoms with E-state index in [1.165, 1.54) is 0 Å². The highest BCUT2D eigenvalue weighted by Gasteiger charge is 2.10. The van der Waals surface area contributed by atoms with Gasteiger partial charge in [0, 0.05) is 0 Å². The Hall–Kier alpha value is -1.31. The van der Waals surface area contributed by atoms with Crippen molar-refractivity contribution >= 4 is 5.97 Å². The number of aliphatic carboxylic acids is 1. The summed E-state index contributed by atoms with van der Waals surface area (Å²) in [5.41, 5.74) is 1.24. The Balaban J connectivity index is 4.52. The molecule has 0 aliphatic heterocycles. The maximum absolute atomic E-state index is 10.9. The van der Waals surface area contributed by atoms with Gasteiger partial charge in [-0.25, -0.2) is 4.79 Å². The zero-order valence-electron chi connectivity index (χ0n) is 12.1. The molecular weight excluding hydrogens is 224 g/mol. The van der Waals surface area contributed by atoms with Gasteiger partial charge in [0.2, 0.25) is 0 Å². The van der Waals surface area contributed by atoms with Crippen LogP contribution >= 0.6 is 0 Å². The predicted octanol–water partition coefficient (Wildman–Crippen LogP) is 4.74. The van der Waals surface area contributed by atoms with E-state index in [-0.39, 0.29) is 5.57 Å². The highest BCUT2D eigenvalue weighted by Crippen LogP contribution is 2.22. The molecule has 0 bridgehead atoms. The van der Waals surface area contributed by atoms with Crippen molar-refractivity contribution in [1.82, 2.24) is 0 Å². The van der Waals surface area contributed by atoms with E-state index in [4.69, 9.17) is 5.11 Å². The number of carboxylic acid groups (broad SMARTS) is 1. The molecule has 0 rings (SSSR count).